The third-order valence-electron chi connectivity index (χ3n) is 12.0. The minimum Gasteiger partial charge on any atom is -0.393 e. The number of aryl methyl sites for hydroxylation is 3. The summed E-state index contributed by atoms with van der Waals surface area (Å²) in [6, 6.07) is 9.15. The summed E-state index contributed by atoms with van der Waals surface area (Å²) >= 11 is 1.44. The second-order valence-corrected chi connectivity index (χ2v) is 17.5. The number of allylic oxidation sites excluding steroid dienone is 1. The van der Waals surface area contributed by atoms with Crippen molar-refractivity contribution in [3.63, 3.8) is 0 Å². The number of hydrogen-bond donors (Lipinski definition) is 5. The molecule has 17 heteroatoms. The van der Waals surface area contributed by atoms with Gasteiger partial charge >= 0.3 is 0 Å². The first-order valence-corrected chi connectivity index (χ1v) is 22.3. The van der Waals surface area contributed by atoms with Gasteiger partial charge in [0.2, 0.25) is 11.8 Å². The van der Waals surface area contributed by atoms with Gasteiger partial charge in [0.1, 0.15) is 0 Å². The van der Waals surface area contributed by atoms with Crippen LogP contribution < -0.4 is 26.2 Å². The molecule has 0 spiro atoms. The minimum atomic E-state index is -2.74. The van der Waals surface area contributed by atoms with Crippen LogP contribution in [0, 0.1) is 19.3 Å². The van der Waals surface area contributed by atoms with Crippen LogP contribution in [0.2, 0.25) is 0 Å². The van der Waals surface area contributed by atoms with Crippen molar-refractivity contribution < 1.29 is 23.2 Å². The van der Waals surface area contributed by atoms with E-state index in [1.807, 2.05) is 36.9 Å². The van der Waals surface area contributed by atoms with E-state index >= 15 is 0 Å². The van der Waals surface area contributed by atoms with Gasteiger partial charge in [-0.2, -0.15) is 5.10 Å². The largest absolute Gasteiger partial charge is 0.393 e. The second-order valence-electron chi connectivity index (χ2n) is 16.3. The lowest BCUT2D eigenvalue weighted by molar-refractivity contribution is -0.129. The number of hydrogen-bond acceptors (Lipinski definition) is 11. The maximum absolute atomic E-state index is 14.6. The number of halogens is 2. The number of likely N-dealkylation sites (tertiary alicyclic amines) is 1. The number of nitrogens with one attached hydrogen (secondary N) is 5. The topological polar surface area (TPSA) is 164 Å². The highest BCUT2D eigenvalue weighted by Gasteiger charge is 2.35. The minimum absolute atomic E-state index is 0.00107. The number of benzene rings is 2. The Hall–Kier alpha value is -5.68. The Balaban J connectivity index is 0.925. The molecule has 0 radical (unpaired) electrons. The van der Waals surface area contributed by atoms with Crippen LogP contribution in [0.15, 0.2) is 42.7 Å². The van der Waals surface area contributed by atoms with Crippen molar-refractivity contribution >= 4 is 63.2 Å². The number of unbranched alkanes of at least 4 members (excludes halogenated alkanes) is 1. The van der Waals surface area contributed by atoms with Crippen LogP contribution in [-0.4, -0.2) is 101 Å². The smallest absolute Gasteiger partial charge is 0.264 e. The van der Waals surface area contributed by atoms with Crippen molar-refractivity contribution in [2.24, 2.45) is 0 Å². The third kappa shape index (κ3) is 10.2. The molecule has 1 saturated heterocycles. The molecule has 14 nitrogen and oxygen atoms in total. The summed E-state index contributed by atoms with van der Waals surface area (Å²) < 4.78 is 31.4. The summed E-state index contributed by atoms with van der Waals surface area (Å²) in [5.41, 5.74) is 6.68. The molecule has 1 fully saturated rings. The number of piperidine rings is 1. The SMILES string of the molecule is CN/C=C(\C=N)c1cc2c(cc1C(F)F)N(c1nn(C3CCN(CC(=O)NCCCCNc4ccc(C(=O)Nc5ncc(C)s5)c(C)c4)CC3)c3c1CN(C(C)=O)CC3)CCC2. The fourth-order valence-electron chi connectivity index (χ4n) is 8.76. The van der Waals surface area contributed by atoms with Crippen molar-refractivity contribution in [2.75, 3.05) is 68.4 Å². The van der Waals surface area contributed by atoms with Gasteiger partial charge in [-0.05, 0) is 99.4 Å². The number of carbonyl (C=O) groups is 3. The number of carbonyl (C=O) groups excluding carboxylic acids is 3. The number of aromatic nitrogens is 3. The molecule has 330 valence electrons. The number of nitrogens with zero attached hydrogens (tertiary/aromatic N) is 6. The average Bonchev–Trinajstić information content (AvgIpc) is 3.85. The van der Waals surface area contributed by atoms with E-state index in [1.54, 1.807) is 38.5 Å². The number of amides is 3. The summed E-state index contributed by atoms with van der Waals surface area (Å²) in [5, 5.41) is 26.0. The first kappa shape index (κ1) is 44.4. The monoisotopic (exact) mass is 869 g/mol. The standard InChI is InChI=1S/C45H57F2N11O3S/c1-28-20-33(9-10-35(28)44(61)53-45-52-24-29(2)62-45)50-14-5-6-15-51-41(60)27-55-17-11-34(12-18-55)58-39-13-19-56(30(3)59)26-38(39)43(54-58)57-16-7-8-31-21-36(32(23-48)25-49-4)37(42(46)47)22-40(31)57/h9-10,20-25,34,42,48-50H,5-8,11-19,26-27H2,1-4H3,(H,51,60)(H,52,53,61)/b32-25+,48-23?. The summed E-state index contributed by atoms with van der Waals surface area (Å²) in [7, 11) is 1.68. The van der Waals surface area contributed by atoms with Gasteiger partial charge in [-0.25, -0.2) is 13.8 Å². The summed E-state index contributed by atoms with van der Waals surface area (Å²) in [6.45, 7) is 10.2. The number of fused-ring (bicyclic) bond motifs is 2. The molecule has 2 aromatic heterocycles. The van der Waals surface area contributed by atoms with Crippen LogP contribution in [0.1, 0.15) is 100 Å². The number of anilines is 4. The predicted molar refractivity (Wildman–Crippen MR) is 241 cm³/mol. The van der Waals surface area contributed by atoms with Crippen LogP contribution >= 0.6 is 11.3 Å². The van der Waals surface area contributed by atoms with Crippen molar-refractivity contribution in [2.45, 2.75) is 84.7 Å². The zero-order valence-corrected chi connectivity index (χ0v) is 36.8. The molecule has 7 rings (SSSR count). The fourth-order valence-corrected chi connectivity index (χ4v) is 9.42. The fraction of sp³-hybridized carbons (Fsp3) is 0.467. The zero-order valence-electron chi connectivity index (χ0n) is 36.0. The average molecular weight is 870 g/mol. The van der Waals surface area contributed by atoms with Gasteiger partial charge < -0.3 is 31.2 Å². The summed E-state index contributed by atoms with van der Waals surface area (Å²) in [5.74, 6) is 0.521. The Labute approximate surface area is 365 Å². The van der Waals surface area contributed by atoms with Crippen LogP contribution in [0.25, 0.3) is 5.57 Å². The van der Waals surface area contributed by atoms with E-state index in [1.165, 1.54) is 11.3 Å². The highest BCUT2D eigenvalue weighted by atomic mass is 32.1. The second kappa shape index (κ2) is 20.0. The van der Waals surface area contributed by atoms with Crippen molar-refractivity contribution in [3.8, 4) is 0 Å². The Morgan fingerprint density at radius 2 is 1.81 bits per heavy atom. The summed E-state index contributed by atoms with van der Waals surface area (Å²) in [4.78, 5) is 49.6. The maximum Gasteiger partial charge on any atom is 0.264 e. The lowest BCUT2D eigenvalue weighted by Gasteiger charge is -2.33. The van der Waals surface area contributed by atoms with Crippen LogP contribution in [0.5, 0.6) is 0 Å². The van der Waals surface area contributed by atoms with Crippen LogP contribution in [0.3, 0.4) is 0 Å². The Bertz CT molecular complexity index is 2320. The molecule has 0 aliphatic carbocycles. The normalized spacial score (nSPS) is 15.9. The van der Waals surface area contributed by atoms with Gasteiger partial charge in [-0.15, -0.1) is 11.3 Å². The van der Waals surface area contributed by atoms with E-state index in [-0.39, 0.29) is 29.3 Å². The highest BCUT2D eigenvalue weighted by molar-refractivity contribution is 7.15. The van der Waals surface area contributed by atoms with Gasteiger partial charge in [0.05, 0.1) is 19.1 Å². The first-order valence-electron chi connectivity index (χ1n) is 21.5. The van der Waals surface area contributed by atoms with Gasteiger partial charge in [-0.3, -0.25) is 29.3 Å². The molecule has 2 aromatic carbocycles. The molecule has 3 aliphatic rings. The Kier molecular flexibility index (Phi) is 14.3. The van der Waals surface area contributed by atoms with E-state index in [9.17, 15) is 23.2 Å². The van der Waals surface area contributed by atoms with E-state index < -0.39 is 6.43 Å². The van der Waals surface area contributed by atoms with E-state index in [0.29, 0.717) is 78.9 Å². The molecule has 0 atom stereocenters. The lowest BCUT2D eigenvalue weighted by Crippen LogP contribution is -2.42. The van der Waals surface area contributed by atoms with E-state index in [0.717, 1.165) is 90.9 Å². The maximum atomic E-state index is 14.6. The molecule has 62 heavy (non-hydrogen) atoms. The molecule has 5 heterocycles. The molecule has 0 bridgehead atoms. The molecule has 3 amide bonds. The van der Waals surface area contributed by atoms with Crippen molar-refractivity contribution in [3.05, 3.63) is 86.7 Å². The van der Waals surface area contributed by atoms with E-state index in [4.69, 9.17) is 10.5 Å². The number of thiazole rings is 1. The van der Waals surface area contributed by atoms with E-state index in [2.05, 4.69) is 40.7 Å². The highest BCUT2D eigenvalue weighted by Crippen LogP contribution is 2.43. The van der Waals surface area contributed by atoms with Gasteiger partial charge in [0.15, 0.2) is 10.9 Å². The quantitative estimate of drug-likeness (QED) is 0.0590. The predicted octanol–water partition coefficient (Wildman–Crippen LogP) is 6.99. The van der Waals surface area contributed by atoms with Crippen molar-refractivity contribution in [1.82, 2.24) is 35.2 Å². The molecular weight excluding hydrogens is 813 g/mol. The first-order chi connectivity index (χ1) is 29.9. The molecule has 5 N–H and O–H groups in total. The molecule has 0 saturated carbocycles. The lowest BCUT2D eigenvalue weighted by atomic mass is 9.92. The molecule has 3 aliphatic heterocycles. The van der Waals surface area contributed by atoms with Gasteiger partial charge in [0, 0.05) is 122 Å². The molecule has 0 unspecified atom stereocenters. The Morgan fingerprint density at radius 1 is 1.02 bits per heavy atom. The van der Waals surface area contributed by atoms with Gasteiger partial charge in [0.25, 0.3) is 12.3 Å². The summed E-state index contributed by atoms with van der Waals surface area (Å²) in [6.07, 6.45) is 7.13. The van der Waals surface area contributed by atoms with Gasteiger partial charge in [-0.1, -0.05) is 0 Å². The van der Waals surface area contributed by atoms with Crippen LogP contribution in [0.4, 0.5) is 31.1 Å². The van der Waals surface area contributed by atoms with Crippen molar-refractivity contribution in [1.29, 1.82) is 5.41 Å². The zero-order chi connectivity index (χ0) is 43.9. The Morgan fingerprint density at radius 3 is 2.50 bits per heavy atom. The third-order valence-corrected chi connectivity index (χ3v) is 12.8. The van der Waals surface area contributed by atoms with Crippen LogP contribution in [-0.2, 0) is 29.0 Å². The molecule has 4 aromatic rings. The molecular formula is C45H57F2N11O3S. The number of rotatable bonds is 16. The number of alkyl halides is 2.